The number of amides is 1. The Morgan fingerprint density at radius 3 is 2.48 bits per heavy atom. The Hall–Kier alpha value is -2.64. The fourth-order valence-electron chi connectivity index (χ4n) is 3.60. The first-order valence-electron chi connectivity index (χ1n) is 9.72. The quantitative estimate of drug-likeness (QED) is 0.773. The molecule has 152 valence electrons. The number of sulfone groups is 1. The summed E-state index contributed by atoms with van der Waals surface area (Å²) in [5.41, 5.74) is 2.51. The zero-order chi connectivity index (χ0) is 20.6. The lowest BCUT2D eigenvalue weighted by Gasteiger charge is -2.32. The smallest absolute Gasteiger partial charge is 0.267 e. The number of ether oxygens (including phenoxy) is 1. The van der Waals surface area contributed by atoms with Crippen LogP contribution in [0, 0.1) is 0 Å². The molecule has 4 rings (SSSR count). The number of carbonyl (C=O) groups is 1. The van der Waals surface area contributed by atoms with E-state index in [9.17, 15) is 13.2 Å². The number of morpholine rings is 1. The standard InChI is InChI=1S/C22H24N2O4S/c1-16(2)17-6-5-7-18(14-17)24-15-21(22(25)23-10-12-28-13-11-23)29(26,27)20-9-4-3-8-19(20)24/h3-9,14-16H,10-13H2,1-2H3. The van der Waals surface area contributed by atoms with Gasteiger partial charge in [-0.2, -0.15) is 0 Å². The predicted octanol–water partition coefficient (Wildman–Crippen LogP) is 3.44. The minimum Gasteiger partial charge on any atom is -0.378 e. The van der Waals surface area contributed by atoms with Gasteiger partial charge in [-0.3, -0.25) is 4.79 Å². The summed E-state index contributed by atoms with van der Waals surface area (Å²) in [6, 6.07) is 14.8. The Morgan fingerprint density at radius 2 is 1.76 bits per heavy atom. The average molecular weight is 413 g/mol. The van der Waals surface area contributed by atoms with Crippen molar-refractivity contribution in [3.05, 3.63) is 65.2 Å². The normalized spacial score (nSPS) is 18.4. The molecule has 1 amide bonds. The molecule has 2 aromatic carbocycles. The van der Waals surface area contributed by atoms with E-state index in [2.05, 4.69) is 13.8 Å². The first-order valence-corrected chi connectivity index (χ1v) is 11.2. The predicted molar refractivity (Wildman–Crippen MR) is 112 cm³/mol. The van der Waals surface area contributed by atoms with Crippen LogP contribution in [0.25, 0.3) is 0 Å². The molecule has 0 unspecified atom stereocenters. The van der Waals surface area contributed by atoms with Gasteiger partial charge in [0.15, 0.2) is 4.91 Å². The van der Waals surface area contributed by atoms with Gasteiger partial charge in [-0.25, -0.2) is 8.42 Å². The lowest BCUT2D eigenvalue weighted by atomic mass is 10.0. The Kier molecular flexibility index (Phi) is 5.19. The molecule has 0 N–H and O–H groups in total. The van der Waals surface area contributed by atoms with Gasteiger partial charge in [0.05, 0.1) is 23.8 Å². The molecule has 0 spiro atoms. The fraction of sp³-hybridized carbons (Fsp3) is 0.318. The lowest BCUT2D eigenvalue weighted by molar-refractivity contribution is -0.130. The van der Waals surface area contributed by atoms with Gasteiger partial charge in [-0.1, -0.05) is 38.1 Å². The van der Waals surface area contributed by atoms with Gasteiger partial charge >= 0.3 is 0 Å². The van der Waals surface area contributed by atoms with Gasteiger partial charge in [0.25, 0.3) is 5.91 Å². The molecule has 7 heteroatoms. The van der Waals surface area contributed by atoms with Crippen molar-refractivity contribution in [3.8, 4) is 0 Å². The van der Waals surface area contributed by atoms with Gasteiger partial charge in [0.2, 0.25) is 9.84 Å². The molecule has 1 fully saturated rings. The molecule has 0 atom stereocenters. The Morgan fingerprint density at radius 1 is 1.03 bits per heavy atom. The van der Waals surface area contributed by atoms with Crippen molar-refractivity contribution in [2.45, 2.75) is 24.7 Å². The van der Waals surface area contributed by atoms with Crippen LogP contribution in [-0.2, 0) is 19.4 Å². The summed E-state index contributed by atoms with van der Waals surface area (Å²) in [6.45, 7) is 5.81. The summed E-state index contributed by atoms with van der Waals surface area (Å²) in [7, 11) is -3.91. The molecule has 2 aliphatic rings. The highest BCUT2D eigenvalue weighted by atomic mass is 32.2. The third-order valence-electron chi connectivity index (χ3n) is 5.27. The van der Waals surface area contributed by atoms with Crippen LogP contribution >= 0.6 is 0 Å². The van der Waals surface area contributed by atoms with Gasteiger partial charge < -0.3 is 14.5 Å². The molecule has 29 heavy (non-hydrogen) atoms. The summed E-state index contributed by atoms with van der Waals surface area (Å²) in [5.74, 6) is -0.148. The monoisotopic (exact) mass is 412 g/mol. The van der Waals surface area contributed by atoms with Gasteiger partial charge in [0.1, 0.15) is 0 Å². The van der Waals surface area contributed by atoms with E-state index in [0.29, 0.717) is 37.9 Å². The number of para-hydroxylation sites is 1. The van der Waals surface area contributed by atoms with Crippen LogP contribution in [0.15, 0.2) is 64.5 Å². The maximum Gasteiger partial charge on any atom is 0.267 e. The van der Waals surface area contributed by atoms with E-state index in [1.807, 2.05) is 24.3 Å². The molecule has 1 saturated heterocycles. The van der Waals surface area contributed by atoms with E-state index < -0.39 is 15.7 Å². The fourth-order valence-corrected chi connectivity index (χ4v) is 5.14. The third kappa shape index (κ3) is 3.56. The Labute approximate surface area is 171 Å². The van der Waals surface area contributed by atoms with E-state index in [4.69, 9.17) is 4.74 Å². The number of benzene rings is 2. The van der Waals surface area contributed by atoms with Crippen molar-refractivity contribution >= 4 is 27.1 Å². The van der Waals surface area contributed by atoms with Crippen LogP contribution in [0.3, 0.4) is 0 Å². The molecule has 0 aromatic heterocycles. The summed E-state index contributed by atoms with van der Waals surface area (Å²) < 4.78 is 31.8. The highest BCUT2D eigenvalue weighted by molar-refractivity contribution is 7.96. The van der Waals surface area contributed by atoms with Crippen LogP contribution in [0.5, 0.6) is 0 Å². The molecule has 0 saturated carbocycles. The van der Waals surface area contributed by atoms with Crippen molar-refractivity contribution < 1.29 is 17.9 Å². The third-order valence-corrected chi connectivity index (χ3v) is 7.06. The van der Waals surface area contributed by atoms with E-state index in [1.165, 1.54) is 6.20 Å². The maximum absolute atomic E-state index is 13.3. The largest absolute Gasteiger partial charge is 0.378 e. The number of rotatable bonds is 3. The second-order valence-corrected chi connectivity index (χ2v) is 9.38. The van der Waals surface area contributed by atoms with Gasteiger partial charge in [-0.15, -0.1) is 0 Å². The van der Waals surface area contributed by atoms with Crippen LogP contribution in [0.4, 0.5) is 11.4 Å². The van der Waals surface area contributed by atoms with E-state index in [1.54, 1.807) is 34.1 Å². The molecule has 0 bridgehead atoms. The van der Waals surface area contributed by atoms with Crippen molar-refractivity contribution in [2.75, 3.05) is 31.2 Å². The topological polar surface area (TPSA) is 66.9 Å². The van der Waals surface area contributed by atoms with Gasteiger partial charge in [0, 0.05) is 25.0 Å². The molecular weight excluding hydrogens is 388 g/mol. The average Bonchev–Trinajstić information content (AvgIpc) is 2.74. The number of hydrogen-bond acceptors (Lipinski definition) is 5. The summed E-state index contributed by atoms with van der Waals surface area (Å²) in [5, 5.41) is 0. The molecule has 2 aliphatic heterocycles. The summed E-state index contributed by atoms with van der Waals surface area (Å²) in [4.78, 5) is 16.4. The second-order valence-electron chi connectivity index (χ2n) is 7.49. The summed E-state index contributed by atoms with van der Waals surface area (Å²) in [6.07, 6.45) is 1.47. The zero-order valence-electron chi connectivity index (χ0n) is 16.5. The molecule has 0 aliphatic carbocycles. The lowest BCUT2D eigenvalue weighted by Crippen LogP contribution is -2.43. The van der Waals surface area contributed by atoms with Crippen LogP contribution in [0.2, 0.25) is 0 Å². The highest BCUT2D eigenvalue weighted by Crippen LogP contribution is 2.40. The number of carbonyl (C=O) groups excluding carboxylic acids is 1. The van der Waals surface area contributed by atoms with Crippen molar-refractivity contribution in [2.24, 2.45) is 0 Å². The zero-order valence-corrected chi connectivity index (χ0v) is 17.4. The van der Waals surface area contributed by atoms with E-state index in [0.717, 1.165) is 11.3 Å². The minimum atomic E-state index is -3.91. The summed E-state index contributed by atoms with van der Waals surface area (Å²) >= 11 is 0. The van der Waals surface area contributed by atoms with Crippen LogP contribution in [-0.4, -0.2) is 45.5 Å². The van der Waals surface area contributed by atoms with E-state index >= 15 is 0 Å². The minimum absolute atomic E-state index is 0.147. The second kappa shape index (κ2) is 7.65. The van der Waals surface area contributed by atoms with Crippen LogP contribution < -0.4 is 4.90 Å². The van der Waals surface area contributed by atoms with Crippen molar-refractivity contribution in [1.29, 1.82) is 0 Å². The Balaban J connectivity index is 1.85. The molecule has 2 heterocycles. The van der Waals surface area contributed by atoms with E-state index in [-0.39, 0.29) is 9.80 Å². The number of anilines is 2. The van der Waals surface area contributed by atoms with Crippen molar-refractivity contribution in [1.82, 2.24) is 4.90 Å². The van der Waals surface area contributed by atoms with Crippen LogP contribution in [0.1, 0.15) is 25.3 Å². The first kappa shape index (κ1) is 19.7. The SMILES string of the molecule is CC(C)c1cccc(N2C=C(C(=O)N3CCOCC3)S(=O)(=O)c3ccccc32)c1. The first-order chi connectivity index (χ1) is 13.9. The number of nitrogens with zero attached hydrogens (tertiary/aromatic N) is 2. The molecular formula is C22H24N2O4S. The Bertz CT molecular complexity index is 1070. The highest BCUT2D eigenvalue weighted by Gasteiger charge is 2.38. The number of fused-ring (bicyclic) bond motifs is 1. The maximum atomic E-state index is 13.3. The van der Waals surface area contributed by atoms with Gasteiger partial charge in [-0.05, 0) is 35.7 Å². The van der Waals surface area contributed by atoms with Crippen molar-refractivity contribution in [3.63, 3.8) is 0 Å². The molecule has 6 nitrogen and oxygen atoms in total. The molecule has 0 radical (unpaired) electrons. The molecule has 2 aromatic rings. The number of hydrogen-bond donors (Lipinski definition) is 0.